The van der Waals surface area contributed by atoms with E-state index in [9.17, 15) is 9.59 Å². The van der Waals surface area contributed by atoms with Gasteiger partial charge in [-0.1, -0.05) is 6.08 Å². The second-order valence-electron chi connectivity index (χ2n) is 4.12. The molecule has 1 amide bonds. The van der Waals surface area contributed by atoms with Crippen molar-refractivity contribution in [3.05, 3.63) is 11.6 Å². The molecule has 4 heteroatoms. The largest absolute Gasteiger partial charge is 0.463 e. The van der Waals surface area contributed by atoms with Gasteiger partial charge in [-0.25, -0.2) is 4.79 Å². The second kappa shape index (κ2) is 3.68. The lowest BCUT2D eigenvalue weighted by atomic mass is 9.83. The lowest BCUT2D eigenvalue weighted by Crippen LogP contribution is -2.29. The summed E-state index contributed by atoms with van der Waals surface area (Å²) >= 11 is 0. The highest BCUT2D eigenvalue weighted by atomic mass is 16.5. The summed E-state index contributed by atoms with van der Waals surface area (Å²) in [4.78, 5) is 23.1. The van der Waals surface area contributed by atoms with Gasteiger partial charge in [-0.05, 0) is 26.2 Å². The first-order valence-electron chi connectivity index (χ1n) is 5.32. The first kappa shape index (κ1) is 10.2. The highest BCUT2D eigenvalue weighted by Gasteiger charge is 2.46. The van der Waals surface area contributed by atoms with E-state index in [-0.39, 0.29) is 17.3 Å². The predicted molar refractivity (Wildman–Crippen MR) is 54.0 cm³/mol. The third kappa shape index (κ3) is 1.64. The number of nitrogens with one attached hydrogen (secondary N) is 1. The predicted octanol–water partition coefficient (Wildman–Crippen LogP) is 0.776. The molecule has 0 aromatic heterocycles. The number of carbonyl (C=O) groups is 2. The maximum absolute atomic E-state index is 11.6. The topological polar surface area (TPSA) is 55.4 Å². The Morgan fingerprint density at radius 3 is 3.07 bits per heavy atom. The Hall–Kier alpha value is -1.32. The Morgan fingerprint density at radius 2 is 2.47 bits per heavy atom. The fourth-order valence-electron chi connectivity index (χ4n) is 2.29. The third-order valence-electron chi connectivity index (χ3n) is 3.18. The van der Waals surface area contributed by atoms with E-state index in [1.807, 2.05) is 6.08 Å². The number of ether oxygens (including phenoxy) is 1. The number of carbonyl (C=O) groups excluding carboxylic acids is 2. The molecule has 0 aromatic rings. The van der Waals surface area contributed by atoms with E-state index in [1.54, 1.807) is 6.92 Å². The van der Waals surface area contributed by atoms with E-state index >= 15 is 0 Å². The Labute approximate surface area is 88.7 Å². The quantitative estimate of drug-likeness (QED) is 0.684. The number of esters is 1. The highest BCUT2D eigenvalue weighted by Crippen LogP contribution is 2.43. The van der Waals surface area contributed by atoms with Crippen LogP contribution in [0.15, 0.2) is 11.6 Å². The van der Waals surface area contributed by atoms with Crippen LogP contribution in [-0.2, 0) is 14.3 Å². The molecule has 0 radical (unpaired) electrons. The van der Waals surface area contributed by atoms with Crippen LogP contribution in [0.1, 0.15) is 26.2 Å². The summed E-state index contributed by atoms with van der Waals surface area (Å²) in [7, 11) is 0. The van der Waals surface area contributed by atoms with Crippen LogP contribution in [0, 0.1) is 5.41 Å². The average molecular weight is 209 g/mol. The second-order valence-corrected chi connectivity index (χ2v) is 4.12. The summed E-state index contributed by atoms with van der Waals surface area (Å²) in [6, 6.07) is 0. The lowest BCUT2D eigenvalue weighted by molar-refractivity contribution is -0.138. The Kier molecular flexibility index (Phi) is 2.50. The highest BCUT2D eigenvalue weighted by molar-refractivity contribution is 5.93. The summed E-state index contributed by atoms with van der Waals surface area (Å²) in [5.41, 5.74) is 0.316. The SMILES string of the molecule is CCOC(=O)C1=CCC2(CCNC2=O)C1. The van der Waals surface area contributed by atoms with E-state index in [0.29, 0.717) is 25.0 Å². The van der Waals surface area contributed by atoms with E-state index in [4.69, 9.17) is 4.74 Å². The Balaban J connectivity index is 2.04. The average Bonchev–Trinajstić information content (AvgIpc) is 2.77. The van der Waals surface area contributed by atoms with Gasteiger partial charge in [-0.2, -0.15) is 0 Å². The molecular weight excluding hydrogens is 194 g/mol. The van der Waals surface area contributed by atoms with Gasteiger partial charge in [0.25, 0.3) is 0 Å². The van der Waals surface area contributed by atoms with Gasteiger partial charge in [0, 0.05) is 12.1 Å². The molecule has 1 unspecified atom stereocenters. The Morgan fingerprint density at radius 1 is 1.67 bits per heavy atom. The maximum atomic E-state index is 11.6. The van der Waals surface area contributed by atoms with Gasteiger partial charge < -0.3 is 10.1 Å². The van der Waals surface area contributed by atoms with Gasteiger partial charge in [0.05, 0.1) is 12.0 Å². The van der Waals surface area contributed by atoms with Crippen molar-refractivity contribution in [2.45, 2.75) is 26.2 Å². The summed E-state index contributed by atoms with van der Waals surface area (Å²) < 4.78 is 4.92. The van der Waals surface area contributed by atoms with Gasteiger partial charge in [-0.3, -0.25) is 4.79 Å². The van der Waals surface area contributed by atoms with Gasteiger partial charge >= 0.3 is 5.97 Å². The number of amides is 1. The van der Waals surface area contributed by atoms with Crippen molar-refractivity contribution in [2.75, 3.05) is 13.2 Å². The molecule has 0 saturated carbocycles. The standard InChI is InChI=1S/C11H15NO3/c1-2-15-9(13)8-3-4-11(7-8)5-6-12-10(11)14/h3H,2,4-7H2,1H3,(H,12,14). The molecule has 1 N–H and O–H groups in total. The molecule has 1 aliphatic carbocycles. The van der Waals surface area contributed by atoms with E-state index in [1.165, 1.54) is 0 Å². The molecule has 4 nitrogen and oxygen atoms in total. The maximum Gasteiger partial charge on any atom is 0.333 e. The van der Waals surface area contributed by atoms with Crippen LogP contribution in [0.4, 0.5) is 0 Å². The zero-order valence-electron chi connectivity index (χ0n) is 8.84. The van der Waals surface area contributed by atoms with Crippen molar-refractivity contribution >= 4 is 11.9 Å². The summed E-state index contributed by atoms with van der Waals surface area (Å²) in [5, 5.41) is 2.82. The minimum Gasteiger partial charge on any atom is -0.463 e. The molecule has 1 fully saturated rings. The molecule has 1 heterocycles. The van der Waals surface area contributed by atoms with Gasteiger partial charge in [0.2, 0.25) is 5.91 Å². The smallest absolute Gasteiger partial charge is 0.333 e. The lowest BCUT2D eigenvalue weighted by Gasteiger charge is -2.18. The molecule has 1 spiro atoms. The van der Waals surface area contributed by atoms with Crippen molar-refractivity contribution in [1.82, 2.24) is 5.32 Å². The molecule has 1 atom stereocenters. The van der Waals surface area contributed by atoms with E-state index in [2.05, 4.69) is 5.32 Å². The van der Waals surface area contributed by atoms with Crippen LogP contribution >= 0.6 is 0 Å². The van der Waals surface area contributed by atoms with Gasteiger partial charge in [0.1, 0.15) is 0 Å². The number of allylic oxidation sites excluding steroid dienone is 1. The number of hydrogen-bond donors (Lipinski definition) is 1. The number of rotatable bonds is 2. The third-order valence-corrected chi connectivity index (χ3v) is 3.18. The van der Waals surface area contributed by atoms with Crippen molar-refractivity contribution in [1.29, 1.82) is 0 Å². The minimum atomic E-state index is -0.345. The summed E-state index contributed by atoms with van der Waals surface area (Å²) in [6.45, 7) is 2.89. The van der Waals surface area contributed by atoms with Gasteiger partial charge in [-0.15, -0.1) is 0 Å². The fraction of sp³-hybridized carbons (Fsp3) is 0.636. The molecule has 82 valence electrons. The van der Waals surface area contributed by atoms with Crippen LogP contribution in [0.2, 0.25) is 0 Å². The zero-order chi connectivity index (χ0) is 10.9. The molecule has 0 bridgehead atoms. The van der Waals surface area contributed by atoms with Crippen LogP contribution in [-0.4, -0.2) is 25.0 Å². The molecule has 0 aromatic carbocycles. The van der Waals surface area contributed by atoms with Crippen LogP contribution in [0.5, 0.6) is 0 Å². The first-order valence-corrected chi connectivity index (χ1v) is 5.32. The summed E-state index contributed by atoms with van der Waals surface area (Å²) in [5.74, 6) is -0.188. The minimum absolute atomic E-state index is 0.0815. The summed E-state index contributed by atoms with van der Waals surface area (Å²) in [6.07, 6.45) is 3.89. The van der Waals surface area contributed by atoms with E-state index < -0.39 is 0 Å². The number of hydrogen-bond acceptors (Lipinski definition) is 3. The fourth-order valence-corrected chi connectivity index (χ4v) is 2.29. The normalized spacial score (nSPS) is 29.1. The van der Waals surface area contributed by atoms with Crippen molar-refractivity contribution in [3.8, 4) is 0 Å². The van der Waals surface area contributed by atoms with Crippen molar-refractivity contribution < 1.29 is 14.3 Å². The zero-order valence-corrected chi connectivity index (χ0v) is 8.84. The van der Waals surface area contributed by atoms with Crippen LogP contribution in [0.25, 0.3) is 0 Å². The van der Waals surface area contributed by atoms with Crippen molar-refractivity contribution in [2.24, 2.45) is 5.41 Å². The Bertz CT molecular complexity index is 335. The molecule has 15 heavy (non-hydrogen) atoms. The molecular formula is C11H15NO3. The van der Waals surface area contributed by atoms with Gasteiger partial charge in [0.15, 0.2) is 0 Å². The molecule has 2 aliphatic rings. The van der Waals surface area contributed by atoms with E-state index in [0.717, 1.165) is 13.0 Å². The van der Waals surface area contributed by atoms with Crippen molar-refractivity contribution in [3.63, 3.8) is 0 Å². The molecule has 2 rings (SSSR count). The van der Waals surface area contributed by atoms with Crippen LogP contribution < -0.4 is 5.32 Å². The molecule has 1 aliphatic heterocycles. The first-order chi connectivity index (χ1) is 7.18. The monoisotopic (exact) mass is 209 g/mol. The van der Waals surface area contributed by atoms with Crippen LogP contribution in [0.3, 0.4) is 0 Å². The molecule has 1 saturated heterocycles.